The molecule has 0 bridgehead atoms. The fourth-order valence-electron chi connectivity index (χ4n) is 3.60. The van der Waals surface area contributed by atoms with Gasteiger partial charge in [0, 0.05) is 12.6 Å². The second kappa shape index (κ2) is 5.90. The van der Waals surface area contributed by atoms with Crippen LogP contribution >= 0.6 is 23.2 Å². The Labute approximate surface area is 129 Å². The van der Waals surface area contributed by atoms with Crippen LogP contribution in [-0.4, -0.2) is 28.4 Å². The zero-order valence-corrected chi connectivity index (χ0v) is 12.8. The molecule has 1 saturated carbocycles. The van der Waals surface area contributed by atoms with Crippen LogP contribution in [-0.2, 0) is 0 Å². The molecular formula is C15H18Cl2N2O. The lowest BCUT2D eigenvalue weighted by Crippen LogP contribution is -2.49. The predicted molar refractivity (Wildman–Crippen MR) is 80.3 cm³/mol. The molecule has 2 fully saturated rings. The van der Waals surface area contributed by atoms with Crippen LogP contribution < -0.4 is 0 Å². The van der Waals surface area contributed by atoms with E-state index in [-0.39, 0.29) is 11.1 Å². The predicted octanol–water partition coefficient (Wildman–Crippen LogP) is 4.18. The van der Waals surface area contributed by atoms with E-state index in [1.54, 1.807) is 12.1 Å². The largest absolute Gasteiger partial charge is 0.335 e. The fraction of sp³-hybridized carbons (Fsp3) is 0.600. The zero-order valence-electron chi connectivity index (χ0n) is 11.3. The van der Waals surface area contributed by atoms with Gasteiger partial charge in [0.25, 0.3) is 5.91 Å². The van der Waals surface area contributed by atoms with E-state index in [4.69, 9.17) is 23.2 Å². The van der Waals surface area contributed by atoms with Crippen LogP contribution in [0.5, 0.6) is 0 Å². The first-order chi connectivity index (χ1) is 9.66. The number of likely N-dealkylation sites (tertiary alicyclic amines) is 1. The van der Waals surface area contributed by atoms with Crippen LogP contribution in [0.2, 0.25) is 10.3 Å². The number of pyridine rings is 1. The molecule has 1 aromatic heterocycles. The summed E-state index contributed by atoms with van der Waals surface area (Å²) in [6, 6.07) is 3.70. The Kier molecular flexibility index (Phi) is 4.18. The lowest BCUT2D eigenvalue weighted by molar-refractivity contribution is 0.0390. The quantitative estimate of drug-likeness (QED) is 0.729. The van der Waals surface area contributed by atoms with Crippen molar-refractivity contribution in [1.82, 2.24) is 9.88 Å². The van der Waals surface area contributed by atoms with E-state index in [0.29, 0.717) is 22.7 Å². The number of piperidine rings is 1. The molecule has 1 aliphatic carbocycles. The third-order valence-corrected chi connectivity index (χ3v) is 5.05. The van der Waals surface area contributed by atoms with Crippen molar-refractivity contribution in [2.24, 2.45) is 5.92 Å². The Morgan fingerprint density at radius 3 is 2.70 bits per heavy atom. The molecule has 3 nitrogen and oxygen atoms in total. The lowest BCUT2D eigenvalue weighted by atomic mass is 9.78. The molecule has 1 saturated heterocycles. The van der Waals surface area contributed by atoms with Crippen LogP contribution in [0, 0.1) is 5.92 Å². The molecule has 0 unspecified atom stereocenters. The molecule has 1 aliphatic heterocycles. The zero-order chi connectivity index (χ0) is 14.1. The molecule has 2 aliphatic rings. The third kappa shape index (κ3) is 2.66. The monoisotopic (exact) mass is 312 g/mol. The number of hydrogen-bond donors (Lipinski definition) is 0. The van der Waals surface area contributed by atoms with E-state index in [2.05, 4.69) is 4.98 Å². The molecule has 0 aromatic carbocycles. The van der Waals surface area contributed by atoms with Crippen molar-refractivity contribution < 1.29 is 4.79 Å². The molecule has 2 heterocycles. The Hall–Kier alpha value is -0.800. The second-order valence-corrected chi connectivity index (χ2v) is 6.47. The van der Waals surface area contributed by atoms with Gasteiger partial charge in [0.2, 0.25) is 0 Å². The summed E-state index contributed by atoms with van der Waals surface area (Å²) >= 11 is 11.9. The lowest BCUT2D eigenvalue weighted by Gasteiger charge is -2.44. The number of carbonyl (C=O) groups is 1. The summed E-state index contributed by atoms with van der Waals surface area (Å²) in [7, 11) is 0. The molecule has 3 rings (SSSR count). The van der Waals surface area contributed by atoms with Crippen molar-refractivity contribution in [3.05, 3.63) is 28.0 Å². The molecule has 1 amide bonds. The van der Waals surface area contributed by atoms with Gasteiger partial charge in [-0.05, 0) is 43.7 Å². The van der Waals surface area contributed by atoms with Crippen LogP contribution in [0.3, 0.4) is 0 Å². The van der Waals surface area contributed by atoms with E-state index < -0.39 is 0 Å². The van der Waals surface area contributed by atoms with E-state index in [9.17, 15) is 4.79 Å². The first-order valence-electron chi connectivity index (χ1n) is 7.30. The van der Waals surface area contributed by atoms with Gasteiger partial charge in [-0.15, -0.1) is 0 Å². The fourth-order valence-corrected chi connectivity index (χ4v) is 4.03. The number of carbonyl (C=O) groups excluding carboxylic acids is 1. The molecule has 0 N–H and O–H groups in total. The highest BCUT2D eigenvalue weighted by molar-refractivity contribution is 6.34. The van der Waals surface area contributed by atoms with E-state index >= 15 is 0 Å². The highest BCUT2D eigenvalue weighted by atomic mass is 35.5. The van der Waals surface area contributed by atoms with Crippen molar-refractivity contribution >= 4 is 29.1 Å². The Morgan fingerprint density at radius 1 is 1.15 bits per heavy atom. The minimum absolute atomic E-state index is 0.00997. The van der Waals surface area contributed by atoms with Crippen LogP contribution in [0.15, 0.2) is 12.1 Å². The summed E-state index contributed by atoms with van der Waals surface area (Å²) < 4.78 is 0. The highest BCUT2D eigenvalue weighted by Gasteiger charge is 2.36. The summed E-state index contributed by atoms with van der Waals surface area (Å²) in [5.41, 5.74) is 0.474. The summed E-state index contributed by atoms with van der Waals surface area (Å²) in [5, 5.41) is 0.529. The maximum atomic E-state index is 12.7. The third-order valence-electron chi connectivity index (χ3n) is 4.55. The van der Waals surface area contributed by atoms with Gasteiger partial charge in [0.15, 0.2) is 0 Å². The first kappa shape index (κ1) is 14.2. The van der Waals surface area contributed by atoms with Crippen LogP contribution in [0.1, 0.15) is 48.9 Å². The first-order valence-corrected chi connectivity index (χ1v) is 8.05. The number of nitrogens with zero attached hydrogens (tertiary/aromatic N) is 2. The smallest absolute Gasteiger partial charge is 0.257 e. The van der Waals surface area contributed by atoms with Gasteiger partial charge in [-0.2, -0.15) is 0 Å². The molecule has 0 radical (unpaired) electrons. The SMILES string of the molecule is O=C(c1ccc(Cl)nc1Cl)N1CCC[C@H]2CCCC[C@H]21. The summed E-state index contributed by atoms with van der Waals surface area (Å²) in [6.07, 6.45) is 7.23. The van der Waals surface area contributed by atoms with Gasteiger partial charge < -0.3 is 4.90 Å². The number of rotatable bonds is 1. The molecule has 20 heavy (non-hydrogen) atoms. The molecule has 108 valence electrons. The molecule has 1 aromatic rings. The number of fused-ring (bicyclic) bond motifs is 1. The van der Waals surface area contributed by atoms with Crippen molar-refractivity contribution in [2.45, 2.75) is 44.6 Å². The van der Waals surface area contributed by atoms with Gasteiger partial charge in [0.1, 0.15) is 10.3 Å². The standard InChI is InChI=1S/C15H18Cl2N2O/c16-13-8-7-11(14(17)18-13)15(20)19-9-3-5-10-4-1-2-6-12(10)19/h7-8,10,12H,1-6,9H2/t10-,12-/m1/s1. The van der Waals surface area contributed by atoms with Crippen LogP contribution in [0.25, 0.3) is 0 Å². The topological polar surface area (TPSA) is 33.2 Å². The minimum Gasteiger partial charge on any atom is -0.335 e. The van der Waals surface area contributed by atoms with Crippen LogP contribution in [0.4, 0.5) is 0 Å². The summed E-state index contributed by atoms with van der Waals surface area (Å²) in [5.74, 6) is 0.677. The van der Waals surface area contributed by atoms with Gasteiger partial charge in [0.05, 0.1) is 5.56 Å². The highest BCUT2D eigenvalue weighted by Crippen LogP contribution is 2.36. The molecule has 2 atom stereocenters. The number of hydrogen-bond acceptors (Lipinski definition) is 2. The van der Waals surface area contributed by atoms with Crippen molar-refractivity contribution in [2.75, 3.05) is 6.54 Å². The summed E-state index contributed by atoms with van der Waals surface area (Å²) in [4.78, 5) is 18.7. The average Bonchev–Trinajstić information content (AvgIpc) is 2.46. The second-order valence-electron chi connectivity index (χ2n) is 5.73. The van der Waals surface area contributed by atoms with Crippen molar-refractivity contribution in [3.63, 3.8) is 0 Å². The molecule has 0 spiro atoms. The maximum absolute atomic E-state index is 12.7. The van der Waals surface area contributed by atoms with Gasteiger partial charge >= 0.3 is 0 Å². The van der Waals surface area contributed by atoms with Crippen molar-refractivity contribution in [1.29, 1.82) is 0 Å². The minimum atomic E-state index is 0.00997. The van der Waals surface area contributed by atoms with E-state index in [0.717, 1.165) is 19.4 Å². The average molecular weight is 313 g/mol. The van der Waals surface area contributed by atoms with Crippen molar-refractivity contribution in [3.8, 4) is 0 Å². The number of amides is 1. The number of aromatic nitrogens is 1. The normalized spacial score (nSPS) is 26.2. The Bertz CT molecular complexity index is 519. The van der Waals surface area contributed by atoms with Gasteiger partial charge in [-0.1, -0.05) is 36.0 Å². The maximum Gasteiger partial charge on any atom is 0.257 e. The summed E-state index contributed by atoms with van der Waals surface area (Å²) in [6.45, 7) is 0.832. The van der Waals surface area contributed by atoms with E-state index in [1.807, 2.05) is 4.90 Å². The molecule has 5 heteroatoms. The van der Waals surface area contributed by atoms with E-state index in [1.165, 1.54) is 25.7 Å². The van der Waals surface area contributed by atoms with Gasteiger partial charge in [-0.25, -0.2) is 4.98 Å². The van der Waals surface area contributed by atoms with Gasteiger partial charge in [-0.3, -0.25) is 4.79 Å². The Balaban J connectivity index is 1.85. The number of halogens is 2. The Morgan fingerprint density at radius 2 is 1.90 bits per heavy atom. The molecular weight excluding hydrogens is 295 g/mol.